The SMILES string of the molecule is CN1CCN(c2ccc(-c3ccc(NC(=O)Nc4ccc(F)c(C(F)(F)F)c4)cc3)nn2)CC1. The molecular formula is C23H22F4N6O. The van der Waals surface area contributed by atoms with E-state index in [1.54, 1.807) is 24.3 Å². The minimum atomic E-state index is -4.86. The van der Waals surface area contributed by atoms with Crippen LogP contribution in [0.2, 0.25) is 0 Å². The van der Waals surface area contributed by atoms with Crippen molar-refractivity contribution in [2.75, 3.05) is 48.8 Å². The molecule has 2 amide bonds. The maximum Gasteiger partial charge on any atom is 0.419 e. The van der Waals surface area contributed by atoms with Crippen LogP contribution >= 0.6 is 0 Å². The molecule has 1 fully saturated rings. The largest absolute Gasteiger partial charge is 0.419 e. The van der Waals surface area contributed by atoms with Crippen molar-refractivity contribution in [2.24, 2.45) is 0 Å². The standard InChI is InChI=1S/C23H22F4N6O/c1-32-10-12-33(13-11-32)21-9-8-20(30-31-21)15-2-4-16(5-3-15)28-22(34)29-17-6-7-19(24)18(14-17)23(25,26)27/h2-9,14H,10-13H2,1H3,(H2,28,29,34). The molecule has 4 rings (SSSR count). The lowest BCUT2D eigenvalue weighted by Crippen LogP contribution is -2.44. The number of halogens is 4. The molecule has 0 saturated carbocycles. The molecule has 3 aromatic rings. The summed E-state index contributed by atoms with van der Waals surface area (Å²) in [4.78, 5) is 16.6. The average Bonchev–Trinajstić information content (AvgIpc) is 2.81. The number of carbonyl (C=O) groups is 1. The highest BCUT2D eigenvalue weighted by atomic mass is 19.4. The van der Waals surface area contributed by atoms with Gasteiger partial charge in [-0.25, -0.2) is 9.18 Å². The van der Waals surface area contributed by atoms with E-state index in [0.29, 0.717) is 23.5 Å². The number of alkyl halides is 3. The third-order valence-electron chi connectivity index (χ3n) is 5.45. The third-order valence-corrected chi connectivity index (χ3v) is 5.45. The van der Waals surface area contributed by atoms with Gasteiger partial charge in [0.2, 0.25) is 0 Å². The summed E-state index contributed by atoms with van der Waals surface area (Å²) in [5, 5.41) is 13.4. The molecule has 0 radical (unpaired) electrons. The fourth-order valence-electron chi connectivity index (χ4n) is 3.52. The summed E-state index contributed by atoms with van der Waals surface area (Å²) in [5.74, 6) is -0.588. The summed E-state index contributed by atoms with van der Waals surface area (Å²) in [6.07, 6.45) is -4.86. The molecule has 0 atom stereocenters. The highest BCUT2D eigenvalue weighted by molar-refractivity contribution is 5.99. The van der Waals surface area contributed by atoms with Gasteiger partial charge in [-0.1, -0.05) is 12.1 Å². The lowest BCUT2D eigenvalue weighted by Gasteiger charge is -2.32. The summed E-state index contributed by atoms with van der Waals surface area (Å²) in [5.41, 5.74) is 0.242. The molecule has 178 valence electrons. The number of hydrogen-bond acceptors (Lipinski definition) is 5. The van der Waals surface area contributed by atoms with Crippen LogP contribution in [0.15, 0.2) is 54.6 Å². The van der Waals surface area contributed by atoms with Gasteiger partial charge in [0.25, 0.3) is 0 Å². The maximum absolute atomic E-state index is 13.4. The molecule has 1 aliphatic heterocycles. The first-order valence-corrected chi connectivity index (χ1v) is 10.5. The summed E-state index contributed by atoms with van der Waals surface area (Å²) < 4.78 is 51.9. The molecule has 1 aliphatic rings. The van der Waals surface area contributed by atoms with Gasteiger partial charge in [-0.05, 0) is 49.5 Å². The molecule has 0 unspecified atom stereocenters. The Labute approximate surface area is 193 Å². The van der Waals surface area contributed by atoms with E-state index >= 15 is 0 Å². The number of carbonyl (C=O) groups excluding carboxylic acids is 1. The Morgan fingerprint density at radius 2 is 1.53 bits per heavy atom. The van der Waals surface area contributed by atoms with Gasteiger partial charge >= 0.3 is 12.2 Å². The van der Waals surface area contributed by atoms with Crippen LogP contribution in [0.4, 0.5) is 39.5 Å². The summed E-state index contributed by atoms with van der Waals surface area (Å²) in [6.45, 7) is 3.72. The van der Waals surface area contributed by atoms with Crippen LogP contribution in [0.5, 0.6) is 0 Å². The van der Waals surface area contributed by atoms with Gasteiger partial charge in [-0.3, -0.25) is 0 Å². The number of amides is 2. The number of benzene rings is 2. The van der Waals surface area contributed by atoms with Gasteiger partial charge in [-0.2, -0.15) is 13.2 Å². The van der Waals surface area contributed by atoms with Gasteiger partial charge in [-0.15, -0.1) is 10.2 Å². The second-order valence-corrected chi connectivity index (χ2v) is 7.92. The monoisotopic (exact) mass is 474 g/mol. The maximum atomic E-state index is 13.4. The molecule has 2 heterocycles. The number of urea groups is 1. The van der Waals surface area contributed by atoms with Crippen molar-refractivity contribution < 1.29 is 22.4 Å². The van der Waals surface area contributed by atoms with Crippen molar-refractivity contribution >= 4 is 23.2 Å². The van der Waals surface area contributed by atoms with Crippen molar-refractivity contribution in [2.45, 2.75) is 6.18 Å². The number of likely N-dealkylation sites (N-methyl/N-ethyl adjacent to an activating group) is 1. The fraction of sp³-hybridized carbons (Fsp3) is 0.261. The normalized spacial score (nSPS) is 14.7. The van der Waals surface area contributed by atoms with Crippen molar-refractivity contribution in [1.29, 1.82) is 0 Å². The van der Waals surface area contributed by atoms with Crippen LogP contribution in [-0.2, 0) is 6.18 Å². The Kier molecular flexibility index (Phi) is 6.64. The van der Waals surface area contributed by atoms with E-state index < -0.39 is 23.6 Å². The van der Waals surface area contributed by atoms with Crippen molar-refractivity contribution in [3.63, 3.8) is 0 Å². The van der Waals surface area contributed by atoms with Gasteiger partial charge in [0.05, 0.1) is 11.3 Å². The molecule has 0 spiro atoms. The van der Waals surface area contributed by atoms with E-state index in [9.17, 15) is 22.4 Å². The molecule has 11 heteroatoms. The van der Waals surface area contributed by atoms with Gasteiger partial charge in [0, 0.05) is 43.1 Å². The zero-order valence-corrected chi connectivity index (χ0v) is 18.2. The van der Waals surface area contributed by atoms with E-state index in [-0.39, 0.29) is 5.69 Å². The Hall–Kier alpha value is -3.73. The number of rotatable bonds is 4. The Bertz CT molecular complexity index is 1140. The zero-order chi connectivity index (χ0) is 24.3. The number of hydrogen-bond donors (Lipinski definition) is 2. The van der Waals surface area contributed by atoms with Gasteiger partial charge < -0.3 is 20.4 Å². The highest BCUT2D eigenvalue weighted by Crippen LogP contribution is 2.33. The lowest BCUT2D eigenvalue weighted by atomic mass is 10.1. The molecular weight excluding hydrogens is 452 g/mol. The summed E-state index contributed by atoms with van der Waals surface area (Å²) >= 11 is 0. The predicted molar refractivity (Wildman–Crippen MR) is 121 cm³/mol. The van der Waals surface area contributed by atoms with E-state index in [4.69, 9.17) is 0 Å². The second kappa shape index (κ2) is 9.64. The van der Waals surface area contributed by atoms with Crippen LogP contribution in [0.25, 0.3) is 11.3 Å². The molecule has 34 heavy (non-hydrogen) atoms. The average molecular weight is 474 g/mol. The molecule has 7 nitrogen and oxygen atoms in total. The van der Waals surface area contributed by atoms with Crippen LogP contribution < -0.4 is 15.5 Å². The van der Waals surface area contributed by atoms with Crippen molar-refractivity contribution in [3.8, 4) is 11.3 Å². The van der Waals surface area contributed by atoms with E-state index in [0.717, 1.165) is 43.6 Å². The molecule has 0 bridgehead atoms. The molecule has 2 aromatic carbocycles. The Morgan fingerprint density at radius 3 is 2.15 bits per heavy atom. The predicted octanol–water partition coefficient (Wildman–Crippen LogP) is 4.70. The number of anilines is 3. The van der Waals surface area contributed by atoms with E-state index in [1.807, 2.05) is 12.1 Å². The van der Waals surface area contributed by atoms with Crippen molar-refractivity contribution in [3.05, 3.63) is 66.0 Å². The van der Waals surface area contributed by atoms with Crippen LogP contribution in [-0.4, -0.2) is 54.4 Å². The minimum Gasteiger partial charge on any atom is -0.353 e. The Morgan fingerprint density at radius 1 is 0.882 bits per heavy atom. The highest BCUT2D eigenvalue weighted by Gasteiger charge is 2.34. The van der Waals surface area contributed by atoms with Crippen molar-refractivity contribution in [1.82, 2.24) is 15.1 Å². The first-order valence-electron chi connectivity index (χ1n) is 10.5. The van der Waals surface area contributed by atoms with Crippen LogP contribution in [0.3, 0.4) is 0 Å². The molecule has 2 N–H and O–H groups in total. The number of aromatic nitrogens is 2. The fourth-order valence-corrected chi connectivity index (χ4v) is 3.52. The third kappa shape index (κ3) is 5.60. The minimum absolute atomic E-state index is 0.182. The van der Waals surface area contributed by atoms with Crippen LogP contribution in [0.1, 0.15) is 5.56 Å². The van der Waals surface area contributed by atoms with Gasteiger partial charge in [0.15, 0.2) is 5.82 Å². The lowest BCUT2D eigenvalue weighted by molar-refractivity contribution is -0.139. The Balaban J connectivity index is 1.37. The molecule has 1 saturated heterocycles. The van der Waals surface area contributed by atoms with Gasteiger partial charge in [0.1, 0.15) is 5.82 Å². The van der Waals surface area contributed by atoms with Crippen LogP contribution in [0, 0.1) is 5.82 Å². The summed E-state index contributed by atoms with van der Waals surface area (Å²) in [7, 11) is 2.08. The molecule has 0 aliphatic carbocycles. The number of nitrogens with zero attached hydrogens (tertiary/aromatic N) is 4. The zero-order valence-electron chi connectivity index (χ0n) is 18.2. The number of piperazine rings is 1. The smallest absolute Gasteiger partial charge is 0.353 e. The van der Waals surface area contributed by atoms with E-state index in [2.05, 4.69) is 37.7 Å². The first-order chi connectivity index (χ1) is 16.2. The summed E-state index contributed by atoms with van der Waals surface area (Å²) in [6, 6.07) is 12.1. The first kappa shape index (κ1) is 23.4. The molecule has 1 aromatic heterocycles. The quantitative estimate of drug-likeness (QED) is 0.537. The van der Waals surface area contributed by atoms with E-state index in [1.165, 1.54) is 0 Å². The second-order valence-electron chi connectivity index (χ2n) is 7.92. The topological polar surface area (TPSA) is 73.4 Å². The number of nitrogens with one attached hydrogen (secondary N) is 2.